The number of piperidine rings is 1. The molecular weight excluding hydrogens is 340 g/mol. The van der Waals surface area contributed by atoms with Gasteiger partial charge in [-0.3, -0.25) is 4.79 Å². The van der Waals surface area contributed by atoms with E-state index in [0.29, 0.717) is 25.9 Å². The molecule has 1 heterocycles. The van der Waals surface area contributed by atoms with Gasteiger partial charge in [0.1, 0.15) is 5.75 Å². The van der Waals surface area contributed by atoms with Gasteiger partial charge in [0.2, 0.25) is 15.9 Å². The number of carbonyl (C=O) groups is 1. The van der Waals surface area contributed by atoms with Crippen LogP contribution >= 0.6 is 0 Å². The number of benzene rings is 1. The fourth-order valence-electron chi connectivity index (χ4n) is 2.99. The molecule has 7 heteroatoms. The van der Waals surface area contributed by atoms with Crippen molar-refractivity contribution in [3.8, 4) is 5.75 Å². The lowest BCUT2D eigenvalue weighted by Gasteiger charge is -2.30. The Morgan fingerprint density at radius 3 is 2.44 bits per heavy atom. The molecule has 0 aromatic heterocycles. The zero-order valence-corrected chi connectivity index (χ0v) is 16.2. The maximum absolute atomic E-state index is 12.5. The van der Waals surface area contributed by atoms with E-state index in [9.17, 15) is 13.2 Å². The zero-order chi connectivity index (χ0) is 18.6. The third-order valence-corrected chi connectivity index (χ3v) is 5.69. The lowest BCUT2D eigenvalue weighted by atomic mass is 9.96. The standard InChI is InChI=1S/C18H28N2O4S/c1-13(2)24-17-7-5-6-16(12-17)14(3)19-18(21)15-8-10-20(11-9-15)25(4,22)23/h5-7,12-15H,8-11H2,1-4H3,(H,19,21). The maximum Gasteiger partial charge on any atom is 0.223 e. The molecule has 0 radical (unpaired) electrons. The number of nitrogens with zero attached hydrogens (tertiary/aromatic N) is 1. The molecule has 1 aromatic carbocycles. The average Bonchev–Trinajstić information content (AvgIpc) is 2.53. The lowest BCUT2D eigenvalue weighted by molar-refractivity contribution is -0.126. The molecule has 1 aromatic rings. The van der Waals surface area contributed by atoms with E-state index >= 15 is 0 Å². The Balaban J connectivity index is 1.92. The Morgan fingerprint density at radius 1 is 1.24 bits per heavy atom. The summed E-state index contributed by atoms with van der Waals surface area (Å²) in [6.45, 7) is 6.70. The number of ether oxygens (including phenoxy) is 1. The van der Waals surface area contributed by atoms with E-state index in [4.69, 9.17) is 4.74 Å². The molecule has 1 amide bonds. The average molecular weight is 368 g/mol. The van der Waals surface area contributed by atoms with Crippen LogP contribution in [-0.4, -0.2) is 44.1 Å². The molecule has 1 saturated heterocycles. The topological polar surface area (TPSA) is 75.7 Å². The van der Waals surface area contributed by atoms with E-state index in [0.717, 1.165) is 11.3 Å². The van der Waals surface area contributed by atoms with Crippen molar-refractivity contribution in [1.29, 1.82) is 0 Å². The molecule has 25 heavy (non-hydrogen) atoms. The van der Waals surface area contributed by atoms with Gasteiger partial charge in [-0.25, -0.2) is 12.7 Å². The minimum absolute atomic E-state index is 0.0177. The van der Waals surface area contributed by atoms with Gasteiger partial charge in [0.15, 0.2) is 0 Å². The summed E-state index contributed by atoms with van der Waals surface area (Å²) in [6.07, 6.45) is 2.42. The monoisotopic (exact) mass is 368 g/mol. The van der Waals surface area contributed by atoms with Crippen LogP contribution in [0.2, 0.25) is 0 Å². The molecule has 1 atom stereocenters. The van der Waals surface area contributed by atoms with Crippen LogP contribution in [0.25, 0.3) is 0 Å². The highest BCUT2D eigenvalue weighted by atomic mass is 32.2. The molecule has 0 saturated carbocycles. The quantitative estimate of drug-likeness (QED) is 0.836. The molecule has 2 rings (SSSR count). The van der Waals surface area contributed by atoms with Crippen molar-refractivity contribution in [3.05, 3.63) is 29.8 Å². The lowest BCUT2D eigenvalue weighted by Crippen LogP contribution is -2.43. The summed E-state index contributed by atoms with van der Waals surface area (Å²) in [7, 11) is -3.17. The van der Waals surface area contributed by atoms with Crippen molar-refractivity contribution >= 4 is 15.9 Å². The summed E-state index contributed by atoms with van der Waals surface area (Å²) in [5, 5.41) is 3.04. The normalized spacial score (nSPS) is 18.1. The zero-order valence-electron chi connectivity index (χ0n) is 15.4. The summed E-state index contributed by atoms with van der Waals surface area (Å²) in [6, 6.07) is 7.59. The summed E-state index contributed by atoms with van der Waals surface area (Å²) in [5.41, 5.74) is 0.986. The Hall–Kier alpha value is -1.60. The molecule has 6 nitrogen and oxygen atoms in total. The van der Waals surface area contributed by atoms with E-state index in [1.165, 1.54) is 10.6 Å². The number of hydrogen-bond donors (Lipinski definition) is 1. The van der Waals surface area contributed by atoms with Crippen LogP contribution in [0.15, 0.2) is 24.3 Å². The number of sulfonamides is 1. The molecule has 1 aliphatic rings. The number of rotatable bonds is 6. The van der Waals surface area contributed by atoms with Crippen molar-refractivity contribution in [3.63, 3.8) is 0 Å². The van der Waals surface area contributed by atoms with Crippen molar-refractivity contribution in [2.45, 2.75) is 45.8 Å². The van der Waals surface area contributed by atoms with Gasteiger partial charge in [0.05, 0.1) is 18.4 Å². The smallest absolute Gasteiger partial charge is 0.223 e. The molecule has 1 fully saturated rings. The van der Waals surface area contributed by atoms with Gasteiger partial charge in [-0.1, -0.05) is 12.1 Å². The van der Waals surface area contributed by atoms with E-state index < -0.39 is 10.0 Å². The first-order valence-electron chi connectivity index (χ1n) is 8.69. The summed E-state index contributed by atoms with van der Waals surface area (Å²) in [5.74, 6) is 0.626. The highest BCUT2D eigenvalue weighted by molar-refractivity contribution is 7.88. The van der Waals surface area contributed by atoms with Crippen LogP contribution in [0, 0.1) is 5.92 Å². The molecule has 0 spiro atoms. The van der Waals surface area contributed by atoms with Gasteiger partial charge in [-0.15, -0.1) is 0 Å². The van der Waals surface area contributed by atoms with Crippen molar-refractivity contribution < 1.29 is 17.9 Å². The molecular formula is C18H28N2O4S. The van der Waals surface area contributed by atoms with Gasteiger partial charge in [-0.05, 0) is 51.3 Å². The van der Waals surface area contributed by atoms with E-state index in [1.54, 1.807) is 0 Å². The van der Waals surface area contributed by atoms with Gasteiger partial charge >= 0.3 is 0 Å². The Morgan fingerprint density at radius 2 is 1.88 bits per heavy atom. The number of amides is 1. The van der Waals surface area contributed by atoms with E-state index in [2.05, 4.69) is 5.32 Å². The SMILES string of the molecule is CC(C)Oc1cccc(C(C)NC(=O)C2CCN(S(C)(=O)=O)CC2)c1. The predicted octanol–water partition coefficient (Wildman–Crippen LogP) is 2.32. The largest absolute Gasteiger partial charge is 0.491 e. The van der Waals surface area contributed by atoms with E-state index in [-0.39, 0.29) is 24.0 Å². The number of carbonyl (C=O) groups excluding carboxylic acids is 1. The third kappa shape index (κ3) is 5.71. The van der Waals surface area contributed by atoms with Crippen LogP contribution in [0.5, 0.6) is 5.75 Å². The predicted molar refractivity (Wildman–Crippen MR) is 97.9 cm³/mol. The molecule has 140 valence electrons. The highest BCUT2D eigenvalue weighted by Crippen LogP contribution is 2.23. The van der Waals surface area contributed by atoms with Crippen molar-refractivity contribution in [2.75, 3.05) is 19.3 Å². The minimum atomic E-state index is -3.17. The third-order valence-electron chi connectivity index (χ3n) is 4.38. The molecule has 0 aliphatic carbocycles. The first-order valence-corrected chi connectivity index (χ1v) is 10.5. The molecule has 1 aliphatic heterocycles. The first kappa shape index (κ1) is 19.7. The van der Waals surface area contributed by atoms with Crippen molar-refractivity contribution in [2.24, 2.45) is 5.92 Å². The minimum Gasteiger partial charge on any atom is -0.491 e. The molecule has 1 unspecified atom stereocenters. The van der Waals surface area contributed by atoms with Crippen LogP contribution < -0.4 is 10.1 Å². The summed E-state index contributed by atoms with van der Waals surface area (Å²) >= 11 is 0. The van der Waals surface area contributed by atoms with Crippen LogP contribution in [-0.2, 0) is 14.8 Å². The van der Waals surface area contributed by atoms with Gasteiger partial charge in [0.25, 0.3) is 0 Å². The summed E-state index contributed by atoms with van der Waals surface area (Å²) < 4.78 is 30.2. The van der Waals surface area contributed by atoms with Gasteiger partial charge < -0.3 is 10.1 Å². The highest BCUT2D eigenvalue weighted by Gasteiger charge is 2.29. The number of nitrogens with one attached hydrogen (secondary N) is 1. The van der Waals surface area contributed by atoms with Gasteiger partial charge in [0, 0.05) is 19.0 Å². The van der Waals surface area contributed by atoms with Crippen LogP contribution in [0.3, 0.4) is 0 Å². The Kier molecular flexibility index (Phi) is 6.46. The molecule has 1 N–H and O–H groups in total. The van der Waals surface area contributed by atoms with Crippen LogP contribution in [0.4, 0.5) is 0 Å². The van der Waals surface area contributed by atoms with Crippen LogP contribution in [0.1, 0.15) is 45.2 Å². The van der Waals surface area contributed by atoms with Gasteiger partial charge in [-0.2, -0.15) is 0 Å². The second-order valence-electron chi connectivity index (χ2n) is 6.91. The first-order chi connectivity index (χ1) is 11.7. The van der Waals surface area contributed by atoms with E-state index in [1.807, 2.05) is 45.0 Å². The number of hydrogen-bond acceptors (Lipinski definition) is 4. The Bertz CT molecular complexity index is 695. The van der Waals surface area contributed by atoms with Crippen molar-refractivity contribution in [1.82, 2.24) is 9.62 Å². The summed E-state index contributed by atoms with van der Waals surface area (Å²) in [4.78, 5) is 12.5. The fourth-order valence-corrected chi connectivity index (χ4v) is 3.87. The maximum atomic E-state index is 12.5. The molecule has 0 bridgehead atoms. The fraction of sp³-hybridized carbons (Fsp3) is 0.611. The second-order valence-corrected chi connectivity index (χ2v) is 8.89. The Labute approximate surface area is 150 Å². The second kappa shape index (κ2) is 8.19.